The van der Waals surface area contributed by atoms with Crippen molar-refractivity contribution < 1.29 is 13.9 Å². The van der Waals surface area contributed by atoms with Crippen LogP contribution < -0.4 is 11.4 Å². The van der Waals surface area contributed by atoms with Gasteiger partial charge in [-0.25, -0.2) is 13.6 Å². The van der Waals surface area contributed by atoms with E-state index in [1.54, 1.807) is 0 Å². The summed E-state index contributed by atoms with van der Waals surface area (Å²) in [6.45, 7) is -0.336. The molecule has 3 unspecified atom stereocenters. The molecule has 4 atom stereocenters. The Bertz CT molecular complexity index is 508. The summed E-state index contributed by atoms with van der Waals surface area (Å²) in [5, 5.41) is 9.08. The van der Waals surface area contributed by atoms with Crippen LogP contribution in [-0.4, -0.2) is 32.8 Å². The maximum atomic E-state index is 14.1. The van der Waals surface area contributed by atoms with Crippen molar-refractivity contribution in [3.63, 3.8) is 0 Å². The first-order valence-electron chi connectivity index (χ1n) is 5.46. The number of nitrogens with two attached hydrogens (primary N) is 1. The number of rotatable bonds is 2. The number of aromatic nitrogens is 2. The lowest BCUT2D eigenvalue weighted by molar-refractivity contribution is -0.0301. The highest BCUT2D eigenvalue weighted by atomic mass is 31.0. The molecule has 1 aliphatic carbocycles. The van der Waals surface area contributed by atoms with Crippen LogP contribution in [0.5, 0.6) is 0 Å². The topological polar surface area (TPSA) is 81.1 Å². The molecule has 0 amide bonds. The Kier molecular flexibility index (Phi) is 3.38. The van der Waals surface area contributed by atoms with Crippen LogP contribution in [-0.2, 0) is 0 Å². The van der Waals surface area contributed by atoms with Gasteiger partial charge in [-0.2, -0.15) is 4.98 Å². The summed E-state index contributed by atoms with van der Waals surface area (Å²) in [4.78, 5) is 15.0. The van der Waals surface area contributed by atoms with Crippen molar-refractivity contribution in [3.8, 4) is 0 Å². The van der Waals surface area contributed by atoms with E-state index in [9.17, 15) is 13.6 Å². The molecule has 1 saturated carbocycles. The zero-order valence-corrected chi connectivity index (χ0v) is 10.6. The van der Waals surface area contributed by atoms with Gasteiger partial charge in [-0.3, -0.25) is 4.57 Å². The number of aliphatic hydroxyl groups excluding tert-OH is 1. The van der Waals surface area contributed by atoms with Crippen LogP contribution in [0, 0.1) is 5.92 Å². The Labute approximate surface area is 104 Å². The summed E-state index contributed by atoms with van der Waals surface area (Å²) in [6, 6.07) is 0.0134. The van der Waals surface area contributed by atoms with Crippen LogP contribution in [0.3, 0.4) is 0 Å². The van der Waals surface area contributed by atoms with E-state index in [2.05, 4.69) is 14.2 Å². The molecule has 0 spiro atoms. The molecule has 0 radical (unpaired) electrons. The van der Waals surface area contributed by atoms with Gasteiger partial charge in [0.1, 0.15) is 11.9 Å². The molecule has 1 fully saturated rings. The predicted molar refractivity (Wildman–Crippen MR) is 65.6 cm³/mol. The molecular formula is C10H14F2N3O2P. The van der Waals surface area contributed by atoms with Crippen LogP contribution in [0.15, 0.2) is 17.1 Å². The van der Waals surface area contributed by atoms with Crippen molar-refractivity contribution in [2.45, 2.75) is 24.0 Å². The SMILES string of the molecule is Nc1ccn(C2C[C@H](CO)C(P)C2(F)F)c(=O)n1. The van der Waals surface area contributed by atoms with Gasteiger partial charge in [0.15, 0.2) is 0 Å². The summed E-state index contributed by atoms with van der Waals surface area (Å²) in [5.41, 5.74) is 3.46. The molecule has 1 aromatic rings. The average Bonchev–Trinajstić information content (AvgIpc) is 2.52. The zero-order chi connectivity index (χ0) is 13.5. The third kappa shape index (κ3) is 2.01. The average molecular weight is 277 g/mol. The molecule has 5 nitrogen and oxygen atoms in total. The molecule has 3 N–H and O–H groups in total. The van der Waals surface area contributed by atoms with Crippen molar-refractivity contribution in [2.24, 2.45) is 5.92 Å². The molecule has 0 saturated heterocycles. The lowest BCUT2D eigenvalue weighted by atomic mass is 10.1. The molecule has 8 heteroatoms. The van der Waals surface area contributed by atoms with Gasteiger partial charge in [-0.05, 0) is 18.4 Å². The quantitative estimate of drug-likeness (QED) is 0.760. The first kappa shape index (κ1) is 13.4. The first-order valence-corrected chi connectivity index (χ1v) is 6.13. The molecule has 0 bridgehead atoms. The molecule has 18 heavy (non-hydrogen) atoms. The lowest BCUT2D eigenvalue weighted by Crippen LogP contribution is -2.38. The van der Waals surface area contributed by atoms with Crippen LogP contribution in [0.25, 0.3) is 0 Å². The Morgan fingerprint density at radius 2 is 2.33 bits per heavy atom. The van der Waals surface area contributed by atoms with E-state index in [0.29, 0.717) is 0 Å². The fourth-order valence-electron chi connectivity index (χ4n) is 2.28. The predicted octanol–water partition coefficient (Wildman–Crippen LogP) is 0.258. The molecule has 1 aliphatic rings. The molecule has 100 valence electrons. The van der Waals surface area contributed by atoms with Crippen LogP contribution in [0.1, 0.15) is 12.5 Å². The Morgan fingerprint density at radius 3 is 2.83 bits per heavy atom. The molecule has 0 aliphatic heterocycles. The lowest BCUT2D eigenvalue weighted by Gasteiger charge is -2.24. The number of aliphatic hydroxyl groups is 1. The van der Waals surface area contributed by atoms with Gasteiger partial charge in [-0.1, -0.05) is 0 Å². The van der Waals surface area contributed by atoms with Gasteiger partial charge in [-0.15, -0.1) is 9.24 Å². The van der Waals surface area contributed by atoms with E-state index in [1.807, 2.05) is 0 Å². The third-order valence-electron chi connectivity index (χ3n) is 3.34. The molecule has 1 aromatic heterocycles. The maximum absolute atomic E-state index is 14.1. The second kappa shape index (κ2) is 4.55. The molecule has 2 rings (SSSR count). The minimum Gasteiger partial charge on any atom is -0.396 e. The van der Waals surface area contributed by atoms with E-state index < -0.39 is 29.2 Å². The summed E-state index contributed by atoms with van der Waals surface area (Å²) in [5.74, 6) is -3.64. The van der Waals surface area contributed by atoms with Gasteiger partial charge < -0.3 is 10.8 Å². The minimum atomic E-state index is -3.08. The number of halogens is 2. The maximum Gasteiger partial charge on any atom is 0.349 e. The van der Waals surface area contributed by atoms with Crippen LogP contribution >= 0.6 is 9.24 Å². The highest BCUT2D eigenvalue weighted by molar-refractivity contribution is 7.17. The van der Waals surface area contributed by atoms with E-state index in [-0.39, 0.29) is 18.8 Å². The zero-order valence-electron chi connectivity index (χ0n) is 9.46. The molecule has 1 heterocycles. The number of nitrogens with zero attached hydrogens (tertiary/aromatic N) is 2. The highest BCUT2D eigenvalue weighted by Crippen LogP contribution is 2.49. The van der Waals surface area contributed by atoms with Gasteiger partial charge in [0.25, 0.3) is 5.92 Å². The Balaban J connectivity index is 2.42. The van der Waals surface area contributed by atoms with Crippen molar-refractivity contribution in [1.29, 1.82) is 0 Å². The van der Waals surface area contributed by atoms with Crippen molar-refractivity contribution in [2.75, 3.05) is 12.3 Å². The van der Waals surface area contributed by atoms with E-state index >= 15 is 0 Å². The monoisotopic (exact) mass is 277 g/mol. The smallest absolute Gasteiger partial charge is 0.349 e. The number of nitrogen functional groups attached to an aromatic ring is 1. The van der Waals surface area contributed by atoms with Crippen LogP contribution in [0.2, 0.25) is 0 Å². The summed E-state index contributed by atoms with van der Waals surface area (Å²) < 4.78 is 29.0. The van der Waals surface area contributed by atoms with E-state index in [0.717, 1.165) is 4.57 Å². The summed E-state index contributed by atoms with van der Waals surface area (Å²) in [7, 11) is 2.06. The van der Waals surface area contributed by atoms with Gasteiger partial charge in [0.2, 0.25) is 0 Å². The number of alkyl halides is 2. The van der Waals surface area contributed by atoms with Crippen molar-refractivity contribution in [1.82, 2.24) is 9.55 Å². The van der Waals surface area contributed by atoms with E-state index in [1.165, 1.54) is 12.3 Å². The van der Waals surface area contributed by atoms with Crippen molar-refractivity contribution in [3.05, 3.63) is 22.7 Å². The minimum absolute atomic E-state index is 0.00121. The van der Waals surface area contributed by atoms with E-state index in [4.69, 9.17) is 10.8 Å². The van der Waals surface area contributed by atoms with Crippen molar-refractivity contribution >= 4 is 15.1 Å². The van der Waals surface area contributed by atoms with Gasteiger partial charge >= 0.3 is 5.69 Å². The first-order chi connectivity index (χ1) is 8.37. The normalized spacial score (nSPS) is 30.6. The fourth-order valence-corrected chi connectivity index (χ4v) is 2.78. The number of hydrogen-bond acceptors (Lipinski definition) is 4. The van der Waals surface area contributed by atoms with Gasteiger partial charge in [0, 0.05) is 18.5 Å². The molecule has 0 aromatic carbocycles. The standard InChI is InChI=1S/C10H14F2N3O2P/c11-10(12)6(3-5(4-16)8(10)18)15-2-1-7(13)14-9(15)17/h1-2,5-6,8,16H,3-4,18H2,(H2,13,14,17)/t5-,6?,8?/m1/s1. The molecular weight excluding hydrogens is 263 g/mol. The largest absolute Gasteiger partial charge is 0.396 e. The third-order valence-corrected chi connectivity index (χ3v) is 4.33. The summed E-state index contributed by atoms with van der Waals surface area (Å²) in [6.07, 6.45) is 1.25. The van der Waals surface area contributed by atoms with Gasteiger partial charge in [0.05, 0.1) is 0 Å². The second-order valence-corrected chi connectivity index (χ2v) is 5.15. The highest BCUT2D eigenvalue weighted by Gasteiger charge is 2.56. The second-order valence-electron chi connectivity index (χ2n) is 4.44. The number of hydrogen-bond donors (Lipinski definition) is 2. The fraction of sp³-hybridized carbons (Fsp3) is 0.600. The van der Waals surface area contributed by atoms with Crippen LogP contribution in [0.4, 0.5) is 14.6 Å². The number of anilines is 1. The Morgan fingerprint density at radius 1 is 1.67 bits per heavy atom. The summed E-state index contributed by atoms with van der Waals surface area (Å²) >= 11 is 0. The Hall–Kier alpha value is -1.07.